The molecule has 0 heterocycles. The predicted molar refractivity (Wildman–Crippen MR) is 71.1 cm³/mol. The molecule has 0 aromatic rings. The van der Waals surface area contributed by atoms with Gasteiger partial charge in [0.2, 0.25) is 5.91 Å². The summed E-state index contributed by atoms with van der Waals surface area (Å²) < 4.78 is 5.29. The summed E-state index contributed by atoms with van der Waals surface area (Å²) in [5.41, 5.74) is -0.246. The minimum atomic E-state index is -0.246. The van der Waals surface area contributed by atoms with Gasteiger partial charge in [0.25, 0.3) is 0 Å². The highest BCUT2D eigenvalue weighted by Gasteiger charge is 2.20. The largest absolute Gasteiger partial charge is 0.377 e. The number of carbonyl (C=O) groups is 1. The second-order valence-corrected chi connectivity index (χ2v) is 5.26. The lowest BCUT2D eigenvalue weighted by molar-refractivity contribution is -0.123. The summed E-state index contributed by atoms with van der Waals surface area (Å²) in [5, 5.41) is 6.18. The molecule has 0 aliphatic carbocycles. The Kier molecular flexibility index (Phi) is 7.39. The summed E-state index contributed by atoms with van der Waals surface area (Å²) in [5.74, 6) is 0.0536. The van der Waals surface area contributed by atoms with Crippen molar-refractivity contribution in [3.63, 3.8) is 0 Å². The Morgan fingerprint density at radius 3 is 2.41 bits per heavy atom. The van der Waals surface area contributed by atoms with Crippen molar-refractivity contribution in [3.8, 4) is 0 Å². The molecule has 2 unspecified atom stereocenters. The van der Waals surface area contributed by atoms with Crippen molar-refractivity contribution in [3.05, 3.63) is 0 Å². The molecule has 4 nitrogen and oxygen atoms in total. The molecular weight excluding hydrogens is 216 g/mol. The number of hydrogen-bond acceptors (Lipinski definition) is 3. The quantitative estimate of drug-likeness (QED) is 0.683. The Balaban J connectivity index is 3.98. The van der Waals surface area contributed by atoms with Gasteiger partial charge in [0.05, 0.1) is 11.6 Å². The van der Waals surface area contributed by atoms with E-state index in [1.54, 1.807) is 7.11 Å². The van der Waals surface area contributed by atoms with Crippen molar-refractivity contribution in [1.29, 1.82) is 0 Å². The first-order chi connectivity index (χ1) is 7.82. The highest BCUT2D eigenvalue weighted by molar-refractivity contribution is 5.81. The molecule has 0 aromatic heterocycles. The molecule has 0 aromatic carbocycles. The van der Waals surface area contributed by atoms with E-state index in [9.17, 15) is 4.79 Å². The zero-order chi connectivity index (χ0) is 13.5. The van der Waals surface area contributed by atoms with Crippen LogP contribution in [0.25, 0.3) is 0 Å². The lowest BCUT2D eigenvalue weighted by Gasteiger charge is -2.26. The summed E-state index contributed by atoms with van der Waals surface area (Å²) in [6, 6.07) is 0.0518. The van der Waals surface area contributed by atoms with Crippen LogP contribution >= 0.6 is 0 Å². The molecule has 4 heteroatoms. The molecule has 0 aliphatic heterocycles. The van der Waals surface area contributed by atoms with Gasteiger partial charge in [-0.1, -0.05) is 13.3 Å². The maximum atomic E-state index is 11.8. The Morgan fingerprint density at radius 1 is 1.35 bits per heavy atom. The van der Waals surface area contributed by atoms with E-state index in [0.717, 1.165) is 12.8 Å². The third-order valence-corrected chi connectivity index (χ3v) is 2.89. The number of rotatable bonds is 8. The average Bonchev–Trinajstić information content (AvgIpc) is 2.26. The maximum Gasteiger partial charge on any atom is 0.237 e. The number of nitrogens with one attached hydrogen (secondary N) is 2. The minimum Gasteiger partial charge on any atom is -0.377 e. The van der Waals surface area contributed by atoms with Gasteiger partial charge >= 0.3 is 0 Å². The fourth-order valence-corrected chi connectivity index (χ4v) is 1.44. The summed E-state index contributed by atoms with van der Waals surface area (Å²) in [6.45, 7) is 10.7. The van der Waals surface area contributed by atoms with Crippen LogP contribution in [0.15, 0.2) is 0 Å². The number of amides is 1. The van der Waals surface area contributed by atoms with Crippen molar-refractivity contribution in [1.82, 2.24) is 10.6 Å². The highest BCUT2D eigenvalue weighted by atomic mass is 16.5. The summed E-state index contributed by atoms with van der Waals surface area (Å²) in [7, 11) is 1.68. The van der Waals surface area contributed by atoms with E-state index in [1.807, 2.05) is 27.7 Å². The molecule has 0 saturated carbocycles. The van der Waals surface area contributed by atoms with Crippen LogP contribution in [0.4, 0.5) is 0 Å². The van der Waals surface area contributed by atoms with Crippen LogP contribution in [0.1, 0.15) is 47.5 Å². The Bertz CT molecular complexity index is 229. The first-order valence-electron chi connectivity index (χ1n) is 6.41. The van der Waals surface area contributed by atoms with Gasteiger partial charge in [-0.15, -0.1) is 0 Å². The van der Waals surface area contributed by atoms with E-state index in [2.05, 4.69) is 17.6 Å². The van der Waals surface area contributed by atoms with E-state index in [-0.39, 0.29) is 23.6 Å². The van der Waals surface area contributed by atoms with Gasteiger partial charge in [-0.05, 0) is 34.1 Å². The van der Waals surface area contributed by atoms with Gasteiger partial charge in [-0.25, -0.2) is 0 Å². The zero-order valence-electron chi connectivity index (χ0n) is 12.1. The molecule has 2 atom stereocenters. The summed E-state index contributed by atoms with van der Waals surface area (Å²) >= 11 is 0. The van der Waals surface area contributed by atoms with Gasteiger partial charge in [0, 0.05) is 19.7 Å². The fourth-order valence-electron chi connectivity index (χ4n) is 1.44. The van der Waals surface area contributed by atoms with Crippen molar-refractivity contribution < 1.29 is 9.53 Å². The number of methoxy groups -OCH3 is 1. The number of ether oxygens (including phenoxy) is 1. The Morgan fingerprint density at radius 2 is 1.94 bits per heavy atom. The highest BCUT2D eigenvalue weighted by Crippen LogP contribution is 2.05. The summed E-state index contributed by atoms with van der Waals surface area (Å²) in [4.78, 5) is 11.8. The second kappa shape index (κ2) is 7.67. The SMILES string of the molecule is CCCC(C)NC(=O)C(C)NCC(C)(C)OC. The third kappa shape index (κ3) is 7.34. The molecule has 102 valence electrons. The lowest BCUT2D eigenvalue weighted by Crippen LogP contribution is -2.49. The standard InChI is InChI=1S/C13H28N2O2/c1-7-8-10(2)15-12(16)11(3)14-9-13(4,5)17-6/h10-11,14H,7-9H2,1-6H3,(H,15,16). The van der Waals surface area contributed by atoms with Gasteiger partial charge in [0.1, 0.15) is 0 Å². The van der Waals surface area contributed by atoms with Crippen LogP contribution in [0.3, 0.4) is 0 Å². The van der Waals surface area contributed by atoms with E-state index in [4.69, 9.17) is 4.74 Å². The third-order valence-electron chi connectivity index (χ3n) is 2.89. The lowest BCUT2D eigenvalue weighted by atomic mass is 10.1. The molecular formula is C13H28N2O2. The van der Waals surface area contributed by atoms with Crippen LogP contribution in [0.5, 0.6) is 0 Å². The Labute approximate surface area is 105 Å². The monoisotopic (exact) mass is 244 g/mol. The van der Waals surface area contributed by atoms with E-state index in [0.29, 0.717) is 6.54 Å². The molecule has 2 N–H and O–H groups in total. The van der Waals surface area contributed by atoms with Crippen LogP contribution in [-0.2, 0) is 9.53 Å². The molecule has 0 spiro atoms. The van der Waals surface area contributed by atoms with Crippen molar-refractivity contribution in [2.24, 2.45) is 0 Å². The number of hydrogen-bond donors (Lipinski definition) is 2. The summed E-state index contributed by atoms with van der Waals surface area (Å²) in [6.07, 6.45) is 2.10. The van der Waals surface area contributed by atoms with Crippen LogP contribution in [0.2, 0.25) is 0 Å². The molecule has 0 radical (unpaired) electrons. The van der Waals surface area contributed by atoms with Gasteiger partial charge < -0.3 is 15.4 Å². The minimum absolute atomic E-state index is 0.0536. The van der Waals surface area contributed by atoms with Crippen molar-refractivity contribution in [2.75, 3.05) is 13.7 Å². The molecule has 17 heavy (non-hydrogen) atoms. The number of carbonyl (C=O) groups excluding carboxylic acids is 1. The fraction of sp³-hybridized carbons (Fsp3) is 0.923. The van der Waals surface area contributed by atoms with Gasteiger partial charge in [-0.2, -0.15) is 0 Å². The van der Waals surface area contributed by atoms with Gasteiger partial charge in [0.15, 0.2) is 0 Å². The first kappa shape index (κ1) is 16.4. The molecule has 0 aliphatic rings. The van der Waals surface area contributed by atoms with Gasteiger partial charge in [-0.3, -0.25) is 4.79 Å². The van der Waals surface area contributed by atoms with E-state index < -0.39 is 0 Å². The van der Waals surface area contributed by atoms with E-state index in [1.165, 1.54) is 0 Å². The average molecular weight is 244 g/mol. The second-order valence-electron chi connectivity index (χ2n) is 5.26. The normalized spacial score (nSPS) is 15.4. The van der Waals surface area contributed by atoms with Crippen LogP contribution in [-0.4, -0.2) is 37.2 Å². The topological polar surface area (TPSA) is 50.4 Å². The predicted octanol–water partition coefficient (Wildman–Crippen LogP) is 1.69. The first-order valence-corrected chi connectivity index (χ1v) is 6.41. The van der Waals surface area contributed by atoms with Crippen LogP contribution < -0.4 is 10.6 Å². The molecule has 0 bridgehead atoms. The van der Waals surface area contributed by atoms with E-state index >= 15 is 0 Å². The van der Waals surface area contributed by atoms with Crippen molar-refractivity contribution in [2.45, 2.75) is 65.1 Å². The molecule has 0 saturated heterocycles. The zero-order valence-corrected chi connectivity index (χ0v) is 12.1. The molecule has 0 rings (SSSR count). The molecule has 0 fully saturated rings. The smallest absolute Gasteiger partial charge is 0.237 e. The van der Waals surface area contributed by atoms with Crippen LogP contribution in [0, 0.1) is 0 Å². The molecule has 1 amide bonds. The van der Waals surface area contributed by atoms with Crippen molar-refractivity contribution >= 4 is 5.91 Å². The maximum absolute atomic E-state index is 11.8. The Hall–Kier alpha value is -0.610.